The predicted molar refractivity (Wildman–Crippen MR) is 105 cm³/mol. The topological polar surface area (TPSA) is 111 Å². The number of aromatic nitrogens is 1. The predicted octanol–water partition coefficient (Wildman–Crippen LogP) is 3.01. The van der Waals surface area contributed by atoms with Crippen molar-refractivity contribution in [2.24, 2.45) is 16.6 Å². The molecule has 0 saturated heterocycles. The normalized spacial score (nSPS) is 17.9. The minimum absolute atomic E-state index is 0.419. The molecule has 1 aromatic carbocycles. The van der Waals surface area contributed by atoms with Crippen molar-refractivity contribution in [2.45, 2.75) is 26.7 Å². The molecule has 7 nitrogen and oxygen atoms in total. The number of amides is 1. The van der Waals surface area contributed by atoms with Gasteiger partial charge in [-0.05, 0) is 38.5 Å². The molecule has 2 unspecified atom stereocenters. The van der Waals surface area contributed by atoms with E-state index in [-0.39, 0.29) is 0 Å². The maximum atomic E-state index is 12.4. The number of fused-ring (bicyclic) bond motifs is 1. The van der Waals surface area contributed by atoms with Crippen molar-refractivity contribution in [1.29, 1.82) is 5.26 Å². The number of pyridine rings is 1. The van der Waals surface area contributed by atoms with Gasteiger partial charge in [-0.1, -0.05) is 6.07 Å². The molecule has 2 aromatic rings. The zero-order valence-electron chi connectivity index (χ0n) is 16.3. The Morgan fingerprint density at radius 2 is 2.11 bits per heavy atom. The van der Waals surface area contributed by atoms with E-state index in [1.807, 2.05) is 13.8 Å². The minimum atomic E-state index is -0.683. The van der Waals surface area contributed by atoms with Crippen LogP contribution in [0.4, 0.5) is 5.69 Å². The zero-order valence-corrected chi connectivity index (χ0v) is 16.3. The van der Waals surface area contributed by atoms with Crippen molar-refractivity contribution in [1.82, 2.24) is 4.98 Å². The summed E-state index contributed by atoms with van der Waals surface area (Å²) in [5.74, 6) is -0.743. The van der Waals surface area contributed by atoms with E-state index in [2.05, 4.69) is 16.0 Å². The Kier molecular flexibility index (Phi) is 5.32. The van der Waals surface area contributed by atoms with Crippen LogP contribution in [0.25, 0.3) is 0 Å². The molecule has 1 aliphatic rings. The number of nitrogens with zero attached hydrogens (tertiary/aromatic N) is 3. The zero-order chi connectivity index (χ0) is 20.4. The van der Waals surface area contributed by atoms with Gasteiger partial charge in [-0.3, -0.25) is 9.79 Å². The monoisotopic (exact) mass is 378 g/mol. The Hall–Kier alpha value is -3.40. The van der Waals surface area contributed by atoms with Gasteiger partial charge in [-0.2, -0.15) is 5.26 Å². The molecule has 0 radical (unpaired) electrons. The van der Waals surface area contributed by atoms with Crippen molar-refractivity contribution < 1.29 is 14.3 Å². The number of benzene rings is 1. The highest BCUT2D eigenvalue weighted by Gasteiger charge is 2.41. The molecule has 3 rings (SSSR count). The largest absolute Gasteiger partial charge is 0.496 e. The summed E-state index contributed by atoms with van der Waals surface area (Å²) in [6.07, 6.45) is 1.71. The fraction of sp³-hybridized carbons (Fsp3) is 0.333. The van der Waals surface area contributed by atoms with E-state index < -0.39 is 17.7 Å². The summed E-state index contributed by atoms with van der Waals surface area (Å²) in [4.78, 5) is 21.5. The molecule has 1 aliphatic heterocycles. The highest BCUT2D eigenvalue weighted by atomic mass is 16.5. The molecule has 2 heterocycles. The minimum Gasteiger partial charge on any atom is -0.496 e. The number of aliphatic imine (C=N–C) groups is 1. The number of nitriles is 1. The molecule has 0 saturated carbocycles. The van der Waals surface area contributed by atoms with E-state index in [1.165, 1.54) is 7.11 Å². The average Bonchev–Trinajstić information content (AvgIpc) is 2.68. The number of hydrogen-bond acceptors (Lipinski definition) is 6. The third-order valence-corrected chi connectivity index (χ3v) is 4.90. The van der Waals surface area contributed by atoms with Gasteiger partial charge in [0, 0.05) is 29.0 Å². The van der Waals surface area contributed by atoms with E-state index in [0.717, 1.165) is 16.8 Å². The van der Waals surface area contributed by atoms with E-state index >= 15 is 0 Å². The molecule has 0 spiro atoms. The molecule has 0 fully saturated rings. The van der Waals surface area contributed by atoms with Crippen LogP contribution in [0.1, 0.15) is 42.0 Å². The summed E-state index contributed by atoms with van der Waals surface area (Å²) in [5, 5.41) is 9.22. The number of hydrogen-bond donors (Lipinski definition) is 1. The van der Waals surface area contributed by atoms with E-state index in [9.17, 15) is 10.1 Å². The number of aryl methyl sites for hydroxylation is 1. The van der Waals surface area contributed by atoms with Gasteiger partial charge in [0.1, 0.15) is 5.75 Å². The van der Waals surface area contributed by atoms with Gasteiger partial charge in [0.15, 0.2) is 0 Å². The first-order chi connectivity index (χ1) is 13.4. The quantitative estimate of drug-likeness (QED) is 0.860. The van der Waals surface area contributed by atoms with Crippen LogP contribution in [0.3, 0.4) is 0 Å². The van der Waals surface area contributed by atoms with Crippen LogP contribution in [0, 0.1) is 24.2 Å². The van der Waals surface area contributed by atoms with Gasteiger partial charge in [0.25, 0.3) is 0 Å². The lowest BCUT2D eigenvalue weighted by atomic mass is 9.75. The van der Waals surface area contributed by atoms with Crippen LogP contribution in [0.2, 0.25) is 0 Å². The summed E-state index contributed by atoms with van der Waals surface area (Å²) in [6, 6.07) is 7.24. The molecule has 28 heavy (non-hydrogen) atoms. The first-order valence-corrected chi connectivity index (χ1v) is 8.97. The second-order valence-electron chi connectivity index (χ2n) is 6.62. The molecule has 0 bridgehead atoms. The lowest BCUT2D eigenvalue weighted by molar-refractivity contribution is -0.120. The van der Waals surface area contributed by atoms with Gasteiger partial charge < -0.3 is 15.2 Å². The summed E-state index contributed by atoms with van der Waals surface area (Å²) < 4.78 is 11.3. The highest BCUT2D eigenvalue weighted by molar-refractivity contribution is 6.06. The first-order valence-electron chi connectivity index (χ1n) is 8.97. The van der Waals surface area contributed by atoms with Gasteiger partial charge in [0.2, 0.25) is 11.8 Å². The van der Waals surface area contributed by atoms with Gasteiger partial charge in [0.05, 0.1) is 37.0 Å². The Morgan fingerprint density at radius 1 is 1.36 bits per heavy atom. The van der Waals surface area contributed by atoms with Gasteiger partial charge >= 0.3 is 0 Å². The van der Waals surface area contributed by atoms with Crippen molar-refractivity contribution >= 4 is 17.3 Å². The molecule has 144 valence electrons. The van der Waals surface area contributed by atoms with E-state index in [4.69, 9.17) is 15.2 Å². The summed E-state index contributed by atoms with van der Waals surface area (Å²) in [5.41, 5.74) is 9.90. The smallest absolute Gasteiger partial charge is 0.227 e. The number of methoxy groups -OCH3 is 1. The van der Waals surface area contributed by atoms with E-state index in [1.54, 1.807) is 31.3 Å². The molecule has 2 N–H and O–H groups in total. The summed E-state index contributed by atoms with van der Waals surface area (Å²) in [6.45, 7) is 6.00. The number of primary amides is 1. The molecule has 0 aliphatic carbocycles. The van der Waals surface area contributed by atoms with Gasteiger partial charge in [-0.25, -0.2) is 4.98 Å². The molecule has 1 amide bonds. The Labute approximate surface area is 163 Å². The second-order valence-corrected chi connectivity index (χ2v) is 6.62. The molecule has 7 heteroatoms. The number of carbonyl (C=O) groups is 1. The third kappa shape index (κ3) is 3.18. The number of nitrogens with two attached hydrogens (primary N) is 1. The van der Waals surface area contributed by atoms with Crippen LogP contribution in [-0.2, 0) is 4.79 Å². The average molecular weight is 378 g/mol. The van der Waals surface area contributed by atoms with Crippen LogP contribution in [-0.4, -0.2) is 30.3 Å². The van der Waals surface area contributed by atoms with Crippen LogP contribution in [0.5, 0.6) is 11.6 Å². The van der Waals surface area contributed by atoms with Crippen molar-refractivity contribution in [3.05, 3.63) is 46.6 Å². The fourth-order valence-corrected chi connectivity index (χ4v) is 3.68. The molecule has 2 atom stereocenters. The first kappa shape index (κ1) is 19.4. The third-order valence-electron chi connectivity index (χ3n) is 4.90. The van der Waals surface area contributed by atoms with Crippen LogP contribution < -0.4 is 15.2 Å². The maximum Gasteiger partial charge on any atom is 0.227 e. The lowest BCUT2D eigenvalue weighted by Gasteiger charge is -2.33. The maximum absolute atomic E-state index is 12.4. The lowest BCUT2D eigenvalue weighted by Crippen LogP contribution is -2.37. The molecular weight excluding hydrogens is 356 g/mol. The van der Waals surface area contributed by atoms with Crippen molar-refractivity contribution in [3.63, 3.8) is 0 Å². The van der Waals surface area contributed by atoms with Crippen LogP contribution >= 0.6 is 0 Å². The molecule has 1 aromatic heterocycles. The van der Waals surface area contributed by atoms with Crippen LogP contribution in [0.15, 0.2) is 29.4 Å². The Morgan fingerprint density at radius 3 is 2.71 bits per heavy atom. The fourth-order valence-electron chi connectivity index (χ4n) is 3.68. The SMILES string of the molecule is CCOc1ncc(C)c2c1C(c1ccc(C#N)cc1OC)C(C(N)=O)C(C)=N2. The second kappa shape index (κ2) is 7.69. The summed E-state index contributed by atoms with van der Waals surface area (Å²) >= 11 is 0. The Balaban J connectivity index is 2.36. The Bertz CT molecular complexity index is 1010. The van der Waals surface area contributed by atoms with E-state index in [0.29, 0.717) is 35.1 Å². The number of rotatable bonds is 5. The van der Waals surface area contributed by atoms with Crippen molar-refractivity contribution in [2.75, 3.05) is 13.7 Å². The molecular formula is C21H22N4O3. The highest BCUT2D eigenvalue weighted by Crippen LogP contribution is 2.49. The van der Waals surface area contributed by atoms with Crippen molar-refractivity contribution in [3.8, 4) is 17.7 Å². The standard InChI is InChI=1S/C21H22N4O3/c1-5-28-21-18-17(14-7-6-13(9-22)8-15(14)27-4)16(20(23)26)12(3)25-19(18)11(2)10-24-21/h6-8,10,16-17H,5H2,1-4H3,(H2,23,26). The summed E-state index contributed by atoms with van der Waals surface area (Å²) in [7, 11) is 1.53. The number of carbonyl (C=O) groups excluding carboxylic acids is 1. The van der Waals surface area contributed by atoms with Gasteiger partial charge in [-0.15, -0.1) is 0 Å². The number of ether oxygens (including phenoxy) is 2.